The van der Waals surface area contributed by atoms with E-state index in [-0.39, 0.29) is 18.2 Å². The lowest BCUT2D eigenvalue weighted by atomic mass is 9.91. The highest BCUT2D eigenvalue weighted by atomic mass is 16.4. The van der Waals surface area contributed by atoms with Crippen LogP contribution in [0.1, 0.15) is 44.1 Å². The topological polar surface area (TPSA) is 57.6 Å². The number of likely N-dealkylation sites (tertiary alicyclic amines) is 1. The van der Waals surface area contributed by atoms with Gasteiger partial charge in [-0.15, -0.1) is 0 Å². The molecule has 1 N–H and O–H groups in total. The van der Waals surface area contributed by atoms with Gasteiger partial charge in [0.25, 0.3) is 0 Å². The number of rotatable bonds is 5. The van der Waals surface area contributed by atoms with Gasteiger partial charge < -0.3 is 10.0 Å². The van der Waals surface area contributed by atoms with Gasteiger partial charge >= 0.3 is 5.97 Å². The maximum absolute atomic E-state index is 12.6. The number of hydrogen-bond donors (Lipinski definition) is 1. The first kappa shape index (κ1) is 15.5. The van der Waals surface area contributed by atoms with E-state index < -0.39 is 5.97 Å². The van der Waals surface area contributed by atoms with E-state index in [4.69, 9.17) is 5.11 Å². The van der Waals surface area contributed by atoms with Crippen LogP contribution in [0.15, 0.2) is 30.3 Å². The first-order valence-electron chi connectivity index (χ1n) is 7.63. The van der Waals surface area contributed by atoms with E-state index in [2.05, 4.69) is 0 Å². The SMILES string of the molecule is C[C@@H](C(=O)N1CCCC(CCC(=O)O)C1)c1ccccc1. The van der Waals surface area contributed by atoms with Crippen molar-refractivity contribution >= 4 is 11.9 Å². The molecule has 0 aromatic heterocycles. The molecule has 4 heteroatoms. The van der Waals surface area contributed by atoms with Crippen LogP contribution >= 0.6 is 0 Å². The maximum atomic E-state index is 12.6. The summed E-state index contributed by atoms with van der Waals surface area (Å²) in [5.41, 5.74) is 1.04. The minimum Gasteiger partial charge on any atom is -0.481 e. The van der Waals surface area contributed by atoms with Crippen LogP contribution in [0.2, 0.25) is 0 Å². The number of carbonyl (C=O) groups is 2. The van der Waals surface area contributed by atoms with Gasteiger partial charge in [-0.3, -0.25) is 9.59 Å². The van der Waals surface area contributed by atoms with Gasteiger partial charge in [-0.1, -0.05) is 30.3 Å². The van der Waals surface area contributed by atoms with Crippen LogP contribution in [0.3, 0.4) is 0 Å². The van der Waals surface area contributed by atoms with Gasteiger partial charge in [0.05, 0.1) is 5.92 Å². The van der Waals surface area contributed by atoms with Crippen LogP contribution in [0.25, 0.3) is 0 Å². The van der Waals surface area contributed by atoms with Crippen molar-refractivity contribution in [3.8, 4) is 0 Å². The molecule has 1 heterocycles. The van der Waals surface area contributed by atoms with Gasteiger partial charge in [0.2, 0.25) is 5.91 Å². The Labute approximate surface area is 125 Å². The number of aliphatic carboxylic acids is 1. The van der Waals surface area contributed by atoms with Crippen molar-refractivity contribution in [2.24, 2.45) is 5.92 Å². The molecule has 2 atom stereocenters. The molecular formula is C17H23NO3. The Morgan fingerprint density at radius 1 is 1.33 bits per heavy atom. The van der Waals surface area contributed by atoms with E-state index >= 15 is 0 Å². The summed E-state index contributed by atoms with van der Waals surface area (Å²) in [6.07, 6.45) is 2.86. The van der Waals surface area contributed by atoms with Crippen molar-refractivity contribution < 1.29 is 14.7 Å². The average Bonchev–Trinajstić information content (AvgIpc) is 2.52. The van der Waals surface area contributed by atoms with Crippen LogP contribution in [0.5, 0.6) is 0 Å². The van der Waals surface area contributed by atoms with E-state index in [0.29, 0.717) is 18.9 Å². The van der Waals surface area contributed by atoms with E-state index in [1.165, 1.54) is 0 Å². The summed E-state index contributed by atoms with van der Waals surface area (Å²) >= 11 is 0. The smallest absolute Gasteiger partial charge is 0.303 e. The van der Waals surface area contributed by atoms with Gasteiger partial charge in [-0.2, -0.15) is 0 Å². The molecule has 2 rings (SSSR count). The second-order valence-corrected chi connectivity index (χ2v) is 5.86. The van der Waals surface area contributed by atoms with Crippen molar-refractivity contribution in [2.45, 2.75) is 38.5 Å². The molecule has 0 aliphatic carbocycles. The van der Waals surface area contributed by atoms with Gasteiger partial charge in [-0.25, -0.2) is 0 Å². The molecule has 0 radical (unpaired) electrons. The molecule has 0 bridgehead atoms. The van der Waals surface area contributed by atoms with Gasteiger partial charge in [0.1, 0.15) is 0 Å². The summed E-state index contributed by atoms with van der Waals surface area (Å²) in [5.74, 6) is -0.413. The lowest BCUT2D eigenvalue weighted by molar-refractivity contribution is -0.137. The Balaban J connectivity index is 1.94. The molecular weight excluding hydrogens is 266 g/mol. The molecule has 1 unspecified atom stereocenters. The molecule has 1 aliphatic heterocycles. The minimum absolute atomic E-state index is 0.135. The predicted molar refractivity (Wildman–Crippen MR) is 81.0 cm³/mol. The monoisotopic (exact) mass is 289 g/mol. The van der Waals surface area contributed by atoms with Gasteiger partial charge in [-0.05, 0) is 37.7 Å². The third kappa shape index (κ3) is 4.31. The molecule has 21 heavy (non-hydrogen) atoms. The Kier molecular flexibility index (Phi) is 5.37. The number of benzene rings is 1. The molecule has 1 saturated heterocycles. The van der Waals surface area contributed by atoms with E-state index in [1.807, 2.05) is 42.2 Å². The van der Waals surface area contributed by atoms with Crippen molar-refractivity contribution in [1.29, 1.82) is 0 Å². The normalized spacial score (nSPS) is 20.0. The first-order chi connectivity index (χ1) is 10.1. The third-order valence-corrected chi connectivity index (χ3v) is 4.27. The van der Waals surface area contributed by atoms with Crippen LogP contribution in [-0.4, -0.2) is 35.0 Å². The highest BCUT2D eigenvalue weighted by molar-refractivity contribution is 5.83. The summed E-state index contributed by atoms with van der Waals surface area (Å²) in [4.78, 5) is 25.2. The first-order valence-corrected chi connectivity index (χ1v) is 7.63. The van der Waals surface area contributed by atoms with Crippen molar-refractivity contribution in [3.05, 3.63) is 35.9 Å². The zero-order valence-electron chi connectivity index (χ0n) is 12.5. The molecule has 1 aliphatic rings. The molecule has 0 spiro atoms. The molecule has 1 aromatic carbocycles. The number of nitrogens with zero attached hydrogens (tertiary/aromatic N) is 1. The zero-order chi connectivity index (χ0) is 15.2. The standard InChI is InChI=1S/C17H23NO3/c1-13(15-7-3-2-4-8-15)17(21)18-11-5-6-14(12-18)9-10-16(19)20/h2-4,7-8,13-14H,5-6,9-12H2,1H3,(H,19,20)/t13-,14?/m1/s1. The number of carboxylic acid groups (broad SMARTS) is 1. The van der Waals surface area contributed by atoms with Crippen molar-refractivity contribution in [2.75, 3.05) is 13.1 Å². The lowest BCUT2D eigenvalue weighted by Crippen LogP contribution is -2.42. The quantitative estimate of drug-likeness (QED) is 0.906. The predicted octanol–water partition coefficient (Wildman–Crippen LogP) is 2.89. The van der Waals surface area contributed by atoms with Crippen LogP contribution in [0, 0.1) is 5.92 Å². The van der Waals surface area contributed by atoms with Crippen LogP contribution in [-0.2, 0) is 9.59 Å². The van der Waals surface area contributed by atoms with Gasteiger partial charge in [0, 0.05) is 19.5 Å². The summed E-state index contributed by atoms with van der Waals surface area (Å²) in [6.45, 7) is 3.43. The number of hydrogen-bond acceptors (Lipinski definition) is 2. The zero-order valence-corrected chi connectivity index (χ0v) is 12.5. The Bertz CT molecular complexity index is 486. The fourth-order valence-corrected chi connectivity index (χ4v) is 2.99. The van der Waals surface area contributed by atoms with Crippen LogP contribution in [0.4, 0.5) is 0 Å². The van der Waals surface area contributed by atoms with E-state index in [1.54, 1.807) is 0 Å². The summed E-state index contributed by atoms with van der Waals surface area (Å²) in [7, 11) is 0. The lowest BCUT2D eigenvalue weighted by Gasteiger charge is -2.34. The Hall–Kier alpha value is -1.84. The Morgan fingerprint density at radius 3 is 2.71 bits per heavy atom. The number of carbonyl (C=O) groups excluding carboxylic acids is 1. The number of amides is 1. The Morgan fingerprint density at radius 2 is 2.05 bits per heavy atom. The van der Waals surface area contributed by atoms with Gasteiger partial charge in [0.15, 0.2) is 0 Å². The highest BCUT2D eigenvalue weighted by Crippen LogP contribution is 2.25. The van der Waals surface area contributed by atoms with Crippen molar-refractivity contribution in [3.63, 3.8) is 0 Å². The number of carboxylic acids is 1. The molecule has 114 valence electrons. The van der Waals surface area contributed by atoms with E-state index in [0.717, 1.165) is 24.9 Å². The summed E-state index contributed by atoms with van der Waals surface area (Å²) in [6, 6.07) is 9.81. The number of piperidine rings is 1. The second-order valence-electron chi connectivity index (χ2n) is 5.86. The summed E-state index contributed by atoms with van der Waals surface area (Å²) in [5, 5.41) is 8.78. The fourth-order valence-electron chi connectivity index (χ4n) is 2.99. The minimum atomic E-state index is -0.754. The highest BCUT2D eigenvalue weighted by Gasteiger charge is 2.27. The molecule has 1 aromatic rings. The second kappa shape index (κ2) is 7.25. The fraction of sp³-hybridized carbons (Fsp3) is 0.529. The summed E-state index contributed by atoms with van der Waals surface area (Å²) < 4.78 is 0. The van der Waals surface area contributed by atoms with Crippen molar-refractivity contribution in [1.82, 2.24) is 4.90 Å². The largest absolute Gasteiger partial charge is 0.481 e. The molecule has 0 saturated carbocycles. The maximum Gasteiger partial charge on any atom is 0.303 e. The molecule has 1 amide bonds. The van der Waals surface area contributed by atoms with E-state index in [9.17, 15) is 9.59 Å². The third-order valence-electron chi connectivity index (χ3n) is 4.27. The van der Waals surface area contributed by atoms with Crippen LogP contribution < -0.4 is 0 Å². The molecule has 4 nitrogen and oxygen atoms in total. The average molecular weight is 289 g/mol. The molecule has 1 fully saturated rings.